The van der Waals surface area contributed by atoms with Crippen molar-refractivity contribution in [3.63, 3.8) is 0 Å². The lowest BCUT2D eigenvalue weighted by Crippen LogP contribution is -2.55. The first kappa shape index (κ1) is 22.8. The number of alkyl halides is 3. The summed E-state index contributed by atoms with van der Waals surface area (Å²) in [7, 11) is 7.52. The Balaban J connectivity index is 1.80. The molecular weight excluding hydrogens is 452 g/mol. The molecule has 11 heteroatoms. The van der Waals surface area contributed by atoms with Crippen LogP contribution < -0.4 is 20.6 Å². The number of nitrogens with one attached hydrogen (secondary N) is 1. The van der Waals surface area contributed by atoms with Gasteiger partial charge in [-0.05, 0) is 67.9 Å². The van der Waals surface area contributed by atoms with Crippen LogP contribution in [0.15, 0.2) is 36.4 Å². The van der Waals surface area contributed by atoms with Crippen molar-refractivity contribution in [3.05, 3.63) is 53.1 Å². The maximum atomic E-state index is 13.5. The van der Waals surface area contributed by atoms with Crippen LogP contribution in [0.3, 0.4) is 0 Å². The molecule has 0 bridgehead atoms. The largest absolute Gasteiger partial charge is 0.417 e. The standard InChI is InChI=1S/C22H16BF3N4O2S/c1-28-18(31)15-6-5-14(10-17(15)23)30-20(33)29(19(32)21(30)7-2-8-21)13-4-3-12(11-27)16(9-13)22(24,25)26/h3-6,9-10H,2,7-8H2,1H3,(H,28,31). The van der Waals surface area contributed by atoms with Crippen LogP contribution in [0.1, 0.15) is 40.7 Å². The number of hydrogen-bond donors (Lipinski definition) is 1. The summed E-state index contributed by atoms with van der Waals surface area (Å²) < 4.78 is 40.5. The number of halogens is 3. The molecule has 2 aromatic carbocycles. The van der Waals surface area contributed by atoms with E-state index in [1.54, 1.807) is 11.0 Å². The van der Waals surface area contributed by atoms with E-state index in [-0.39, 0.29) is 27.7 Å². The number of amides is 2. The normalized spacial score (nSPS) is 17.2. The van der Waals surface area contributed by atoms with Crippen LogP contribution in [-0.4, -0.2) is 37.4 Å². The maximum Gasteiger partial charge on any atom is 0.417 e. The lowest BCUT2D eigenvalue weighted by atomic mass is 9.75. The number of carbonyl (C=O) groups is 2. The van der Waals surface area contributed by atoms with Crippen molar-refractivity contribution in [2.24, 2.45) is 0 Å². The van der Waals surface area contributed by atoms with Gasteiger partial charge in [0.2, 0.25) is 5.91 Å². The van der Waals surface area contributed by atoms with Gasteiger partial charge in [0.15, 0.2) is 5.11 Å². The third-order valence-electron chi connectivity index (χ3n) is 6.04. The predicted octanol–water partition coefficient (Wildman–Crippen LogP) is 2.79. The van der Waals surface area contributed by atoms with Gasteiger partial charge in [0, 0.05) is 18.3 Å². The minimum Gasteiger partial charge on any atom is -0.355 e. The molecule has 0 aromatic heterocycles. The average Bonchev–Trinajstić information content (AvgIpc) is 2.98. The van der Waals surface area contributed by atoms with Crippen molar-refractivity contribution in [2.45, 2.75) is 31.0 Å². The fourth-order valence-electron chi connectivity index (χ4n) is 4.24. The predicted molar refractivity (Wildman–Crippen MR) is 121 cm³/mol. The number of nitrogens with zero attached hydrogens (tertiary/aromatic N) is 3. The Morgan fingerprint density at radius 3 is 2.39 bits per heavy atom. The molecule has 0 unspecified atom stereocenters. The first-order chi connectivity index (χ1) is 15.5. The topological polar surface area (TPSA) is 76.4 Å². The Morgan fingerprint density at radius 2 is 1.88 bits per heavy atom. The van der Waals surface area contributed by atoms with Crippen LogP contribution in [0.4, 0.5) is 24.5 Å². The van der Waals surface area contributed by atoms with E-state index in [0.29, 0.717) is 18.5 Å². The molecule has 1 aliphatic heterocycles. The molecule has 166 valence electrons. The summed E-state index contributed by atoms with van der Waals surface area (Å²) in [5.74, 6) is -0.818. The molecule has 1 aliphatic carbocycles. The van der Waals surface area contributed by atoms with Gasteiger partial charge in [0.25, 0.3) is 5.91 Å². The maximum absolute atomic E-state index is 13.5. The van der Waals surface area contributed by atoms with E-state index in [9.17, 15) is 22.8 Å². The molecule has 1 N–H and O–H groups in total. The molecule has 4 rings (SSSR count). The Hall–Kier alpha value is -3.39. The molecular formula is C22H16BF3N4O2S. The van der Waals surface area contributed by atoms with E-state index >= 15 is 0 Å². The number of rotatable bonds is 3. The molecule has 2 fully saturated rings. The molecule has 2 aromatic rings. The summed E-state index contributed by atoms with van der Waals surface area (Å²) >= 11 is 5.57. The van der Waals surface area contributed by atoms with E-state index in [0.717, 1.165) is 23.5 Å². The highest BCUT2D eigenvalue weighted by atomic mass is 32.1. The summed E-state index contributed by atoms with van der Waals surface area (Å²) in [5, 5.41) is 11.6. The second kappa shape index (κ2) is 7.88. The van der Waals surface area contributed by atoms with Gasteiger partial charge < -0.3 is 10.2 Å². The number of anilines is 2. The van der Waals surface area contributed by atoms with Crippen molar-refractivity contribution in [1.82, 2.24) is 5.32 Å². The molecule has 1 saturated carbocycles. The number of thiocarbonyl (C=S) groups is 1. The van der Waals surface area contributed by atoms with Gasteiger partial charge in [0.05, 0.1) is 22.9 Å². The summed E-state index contributed by atoms with van der Waals surface area (Å²) in [4.78, 5) is 28.1. The second-order valence-corrected chi connectivity index (χ2v) is 8.20. The zero-order valence-electron chi connectivity index (χ0n) is 17.4. The molecule has 1 saturated heterocycles. The summed E-state index contributed by atoms with van der Waals surface area (Å²) in [6, 6.07) is 9.23. The summed E-state index contributed by atoms with van der Waals surface area (Å²) in [6.07, 6.45) is -3.11. The summed E-state index contributed by atoms with van der Waals surface area (Å²) in [6.45, 7) is 0. The lowest BCUT2D eigenvalue weighted by molar-refractivity contribution is -0.137. The van der Waals surface area contributed by atoms with Gasteiger partial charge in [0.1, 0.15) is 13.4 Å². The van der Waals surface area contributed by atoms with Crippen molar-refractivity contribution in [2.75, 3.05) is 16.8 Å². The molecule has 1 spiro atoms. The van der Waals surface area contributed by atoms with E-state index in [4.69, 9.17) is 25.3 Å². The van der Waals surface area contributed by atoms with Gasteiger partial charge in [-0.1, -0.05) is 5.46 Å². The monoisotopic (exact) mass is 468 g/mol. The third-order valence-corrected chi connectivity index (χ3v) is 6.41. The first-order valence-electron chi connectivity index (χ1n) is 9.97. The minimum atomic E-state index is -4.77. The average molecular weight is 468 g/mol. The lowest BCUT2D eigenvalue weighted by Gasteiger charge is -2.43. The quantitative estimate of drug-likeness (QED) is 0.554. The minimum absolute atomic E-state index is 0.00428. The van der Waals surface area contributed by atoms with Crippen molar-refractivity contribution < 1.29 is 22.8 Å². The molecule has 2 aliphatic rings. The third kappa shape index (κ3) is 3.45. The van der Waals surface area contributed by atoms with E-state index in [2.05, 4.69) is 5.32 Å². The zero-order valence-corrected chi connectivity index (χ0v) is 18.2. The number of nitriles is 1. The first-order valence-corrected chi connectivity index (χ1v) is 10.4. The van der Waals surface area contributed by atoms with E-state index in [1.807, 2.05) is 0 Å². The van der Waals surface area contributed by atoms with Crippen LogP contribution >= 0.6 is 12.2 Å². The van der Waals surface area contributed by atoms with Crippen molar-refractivity contribution in [1.29, 1.82) is 5.26 Å². The molecule has 0 atom stereocenters. The highest BCUT2D eigenvalue weighted by molar-refractivity contribution is 7.81. The van der Waals surface area contributed by atoms with Gasteiger partial charge in [-0.3, -0.25) is 14.5 Å². The zero-order chi connectivity index (χ0) is 24.1. The highest BCUT2D eigenvalue weighted by Gasteiger charge is 2.59. The summed E-state index contributed by atoms with van der Waals surface area (Å²) in [5.41, 5.74) is -1.91. The molecule has 33 heavy (non-hydrogen) atoms. The van der Waals surface area contributed by atoms with E-state index in [1.165, 1.54) is 31.3 Å². The van der Waals surface area contributed by atoms with Crippen molar-refractivity contribution in [3.8, 4) is 6.07 Å². The van der Waals surface area contributed by atoms with Crippen molar-refractivity contribution >= 4 is 53.8 Å². The van der Waals surface area contributed by atoms with Gasteiger partial charge in [-0.25, -0.2) is 0 Å². The molecule has 2 amide bonds. The molecule has 6 nitrogen and oxygen atoms in total. The van der Waals surface area contributed by atoms with Crippen LogP contribution in [-0.2, 0) is 11.0 Å². The Labute approximate surface area is 194 Å². The number of carbonyl (C=O) groups excluding carboxylic acids is 2. The van der Waals surface area contributed by atoms with Crippen LogP contribution in [0, 0.1) is 11.3 Å². The Kier molecular flexibility index (Phi) is 5.45. The van der Waals surface area contributed by atoms with Crippen LogP contribution in [0.25, 0.3) is 0 Å². The molecule has 2 radical (unpaired) electrons. The van der Waals surface area contributed by atoms with Gasteiger partial charge in [-0.15, -0.1) is 0 Å². The highest BCUT2D eigenvalue weighted by Crippen LogP contribution is 2.48. The SMILES string of the molecule is [B]c1cc(N2C(=S)N(c3ccc(C#N)c(C(F)(F)F)c3)C(=O)C23CCC3)ccc1C(=O)NC. The van der Waals surface area contributed by atoms with Gasteiger partial charge >= 0.3 is 6.18 Å². The smallest absolute Gasteiger partial charge is 0.355 e. The Bertz CT molecular complexity index is 1240. The van der Waals surface area contributed by atoms with Crippen LogP contribution in [0.2, 0.25) is 0 Å². The van der Waals surface area contributed by atoms with Gasteiger partial charge in [-0.2, -0.15) is 18.4 Å². The van der Waals surface area contributed by atoms with E-state index < -0.39 is 28.7 Å². The number of benzene rings is 2. The fourth-order valence-corrected chi connectivity index (χ4v) is 4.71. The number of hydrogen-bond acceptors (Lipinski definition) is 4. The fraction of sp³-hybridized carbons (Fsp3) is 0.273. The van der Waals surface area contributed by atoms with Crippen LogP contribution in [0.5, 0.6) is 0 Å². The Morgan fingerprint density at radius 1 is 1.21 bits per heavy atom. The second-order valence-electron chi connectivity index (χ2n) is 7.83. The molecule has 1 heterocycles.